The number of rotatable bonds is 4. The molecule has 0 bridgehead atoms. The molecule has 0 heterocycles. The molecule has 0 aromatic heterocycles. The molecular formula is C28H26N2. The summed E-state index contributed by atoms with van der Waals surface area (Å²) in [4.78, 5) is 0. The molecule has 0 radical (unpaired) electrons. The molecule has 0 saturated carbocycles. The Morgan fingerprint density at radius 2 is 1.50 bits per heavy atom. The average Bonchev–Trinajstić information content (AvgIpc) is 3.02. The van der Waals surface area contributed by atoms with Crippen LogP contribution >= 0.6 is 0 Å². The van der Waals surface area contributed by atoms with E-state index in [-0.39, 0.29) is 5.41 Å². The van der Waals surface area contributed by atoms with Gasteiger partial charge in [-0.3, -0.25) is 0 Å². The van der Waals surface area contributed by atoms with Crippen molar-refractivity contribution in [2.75, 3.05) is 5.32 Å². The van der Waals surface area contributed by atoms with E-state index in [0.29, 0.717) is 6.54 Å². The van der Waals surface area contributed by atoms with Gasteiger partial charge in [0.05, 0.1) is 0 Å². The summed E-state index contributed by atoms with van der Waals surface area (Å²) in [6, 6.07) is 32.4. The lowest BCUT2D eigenvalue weighted by Crippen LogP contribution is -2.15. The van der Waals surface area contributed by atoms with E-state index in [9.17, 15) is 0 Å². The predicted octanol–water partition coefficient (Wildman–Crippen LogP) is 6.86. The third kappa shape index (κ3) is 2.92. The van der Waals surface area contributed by atoms with Crippen molar-refractivity contribution in [3.05, 3.63) is 108 Å². The van der Waals surface area contributed by atoms with Crippen LogP contribution in [0.15, 0.2) is 91.0 Å². The molecule has 0 amide bonds. The third-order valence-corrected chi connectivity index (χ3v) is 6.25. The van der Waals surface area contributed by atoms with E-state index < -0.39 is 0 Å². The van der Waals surface area contributed by atoms with Gasteiger partial charge in [0.1, 0.15) is 0 Å². The first kappa shape index (κ1) is 18.7. The maximum absolute atomic E-state index is 5.86. The Morgan fingerprint density at radius 3 is 2.30 bits per heavy atom. The number of nitrogens with one attached hydrogen (secondary N) is 1. The Balaban J connectivity index is 1.76. The Bertz CT molecular complexity index is 1220. The minimum Gasteiger partial charge on any atom is -0.355 e. The summed E-state index contributed by atoms with van der Waals surface area (Å²) in [5, 5.41) is 3.68. The fourth-order valence-electron chi connectivity index (χ4n) is 4.73. The first-order chi connectivity index (χ1) is 14.6. The quantitative estimate of drug-likeness (QED) is 0.399. The van der Waals surface area contributed by atoms with Gasteiger partial charge < -0.3 is 11.1 Å². The molecule has 4 aromatic rings. The first-order valence-corrected chi connectivity index (χ1v) is 10.5. The topological polar surface area (TPSA) is 38.0 Å². The molecule has 3 N–H and O–H groups in total. The summed E-state index contributed by atoms with van der Waals surface area (Å²) in [7, 11) is 0. The molecule has 0 saturated heterocycles. The minimum atomic E-state index is -0.0204. The van der Waals surface area contributed by atoms with Crippen LogP contribution in [0.3, 0.4) is 0 Å². The zero-order valence-corrected chi connectivity index (χ0v) is 17.4. The van der Waals surface area contributed by atoms with Gasteiger partial charge in [-0.25, -0.2) is 0 Å². The Morgan fingerprint density at radius 1 is 0.733 bits per heavy atom. The molecule has 0 unspecified atom stereocenters. The molecule has 1 aliphatic carbocycles. The van der Waals surface area contributed by atoms with Crippen LogP contribution < -0.4 is 11.1 Å². The van der Waals surface area contributed by atoms with Crippen LogP contribution in [0.1, 0.15) is 30.5 Å². The predicted molar refractivity (Wildman–Crippen MR) is 127 cm³/mol. The van der Waals surface area contributed by atoms with Crippen molar-refractivity contribution in [2.45, 2.75) is 25.8 Å². The van der Waals surface area contributed by atoms with Crippen LogP contribution in [-0.2, 0) is 12.0 Å². The Hall–Kier alpha value is -3.36. The van der Waals surface area contributed by atoms with Crippen LogP contribution in [0, 0.1) is 0 Å². The van der Waals surface area contributed by atoms with Crippen molar-refractivity contribution in [1.29, 1.82) is 0 Å². The van der Waals surface area contributed by atoms with Crippen LogP contribution in [0.4, 0.5) is 11.4 Å². The Labute approximate surface area is 178 Å². The molecule has 2 heteroatoms. The van der Waals surface area contributed by atoms with Crippen LogP contribution in [0.25, 0.3) is 22.3 Å². The number of nitrogens with two attached hydrogens (primary N) is 1. The van der Waals surface area contributed by atoms with Crippen molar-refractivity contribution in [3.63, 3.8) is 0 Å². The van der Waals surface area contributed by atoms with E-state index in [1.54, 1.807) is 0 Å². The molecule has 148 valence electrons. The van der Waals surface area contributed by atoms with Crippen molar-refractivity contribution in [2.24, 2.45) is 5.73 Å². The second kappa shape index (κ2) is 7.16. The summed E-state index contributed by atoms with van der Waals surface area (Å²) >= 11 is 0. The van der Waals surface area contributed by atoms with E-state index in [4.69, 9.17) is 5.73 Å². The fraction of sp³-hybridized carbons (Fsp3) is 0.143. The van der Waals surface area contributed by atoms with Gasteiger partial charge in [0, 0.05) is 28.9 Å². The molecule has 5 rings (SSSR count). The lowest BCUT2D eigenvalue weighted by molar-refractivity contribution is 0.660. The highest BCUT2D eigenvalue weighted by atomic mass is 14.9. The van der Waals surface area contributed by atoms with E-state index in [1.807, 2.05) is 0 Å². The zero-order chi connectivity index (χ0) is 20.7. The molecule has 1 aliphatic rings. The van der Waals surface area contributed by atoms with Gasteiger partial charge in [-0.1, -0.05) is 86.6 Å². The third-order valence-electron chi connectivity index (χ3n) is 6.25. The number of hydrogen-bond donors (Lipinski definition) is 2. The van der Waals surface area contributed by atoms with Crippen molar-refractivity contribution < 1.29 is 0 Å². The van der Waals surface area contributed by atoms with Gasteiger partial charge in [0.2, 0.25) is 0 Å². The summed E-state index contributed by atoms with van der Waals surface area (Å²) in [5.41, 5.74) is 17.0. The Kier molecular flexibility index (Phi) is 4.45. The monoisotopic (exact) mass is 390 g/mol. The highest BCUT2D eigenvalue weighted by Gasteiger charge is 2.37. The number of fused-ring (bicyclic) bond motifs is 3. The SMILES string of the molecule is CC1(C)c2ccccc2-c2c1ccc(Nc1cccc(CN)c1)c2-c1ccccc1. The lowest BCUT2D eigenvalue weighted by atomic mass is 9.81. The van der Waals surface area contributed by atoms with E-state index >= 15 is 0 Å². The van der Waals surface area contributed by atoms with Gasteiger partial charge in [-0.15, -0.1) is 0 Å². The molecule has 4 aromatic carbocycles. The number of anilines is 2. The maximum Gasteiger partial charge on any atom is 0.0470 e. The smallest absolute Gasteiger partial charge is 0.0470 e. The van der Waals surface area contributed by atoms with Gasteiger partial charge in [-0.2, -0.15) is 0 Å². The van der Waals surface area contributed by atoms with E-state index in [1.165, 1.54) is 33.4 Å². The first-order valence-electron chi connectivity index (χ1n) is 10.5. The van der Waals surface area contributed by atoms with E-state index in [2.05, 4.69) is 110 Å². The van der Waals surface area contributed by atoms with Crippen molar-refractivity contribution in [3.8, 4) is 22.3 Å². The second-order valence-electron chi connectivity index (χ2n) is 8.48. The largest absolute Gasteiger partial charge is 0.355 e. The molecule has 0 atom stereocenters. The molecule has 0 spiro atoms. The van der Waals surface area contributed by atoms with E-state index in [0.717, 1.165) is 16.9 Å². The van der Waals surface area contributed by atoms with Gasteiger partial charge in [0.15, 0.2) is 0 Å². The summed E-state index contributed by atoms with van der Waals surface area (Å²) < 4.78 is 0. The average molecular weight is 391 g/mol. The highest BCUT2D eigenvalue weighted by molar-refractivity contribution is 5.99. The van der Waals surface area contributed by atoms with Crippen LogP contribution in [0.2, 0.25) is 0 Å². The molecular weight excluding hydrogens is 364 g/mol. The molecule has 0 fully saturated rings. The standard InChI is InChI=1S/C28H26N2/c1-28(2)23-14-7-6-13-22(23)27-24(28)15-16-25(26(27)20-10-4-3-5-11-20)30-21-12-8-9-19(17-21)18-29/h3-17,30H,18,29H2,1-2H3. The number of hydrogen-bond acceptors (Lipinski definition) is 2. The van der Waals surface area contributed by atoms with Crippen molar-refractivity contribution in [1.82, 2.24) is 0 Å². The van der Waals surface area contributed by atoms with Gasteiger partial charge in [0.25, 0.3) is 0 Å². The van der Waals surface area contributed by atoms with Crippen LogP contribution in [0.5, 0.6) is 0 Å². The number of benzene rings is 4. The summed E-state index contributed by atoms with van der Waals surface area (Å²) in [6.45, 7) is 5.18. The molecule has 30 heavy (non-hydrogen) atoms. The summed E-state index contributed by atoms with van der Waals surface area (Å²) in [6.07, 6.45) is 0. The second-order valence-corrected chi connectivity index (χ2v) is 8.48. The van der Waals surface area contributed by atoms with Gasteiger partial charge >= 0.3 is 0 Å². The normalized spacial score (nSPS) is 13.6. The maximum atomic E-state index is 5.86. The highest BCUT2D eigenvalue weighted by Crippen LogP contribution is 2.54. The zero-order valence-electron chi connectivity index (χ0n) is 17.4. The molecule has 0 aliphatic heterocycles. The minimum absolute atomic E-state index is 0.0204. The van der Waals surface area contributed by atoms with Crippen molar-refractivity contribution >= 4 is 11.4 Å². The van der Waals surface area contributed by atoms with Crippen LogP contribution in [-0.4, -0.2) is 0 Å². The lowest BCUT2D eigenvalue weighted by Gasteiger charge is -2.23. The van der Waals surface area contributed by atoms with Gasteiger partial charge in [-0.05, 0) is 51.6 Å². The summed E-state index contributed by atoms with van der Waals surface area (Å²) in [5.74, 6) is 0. The molecule has 2 nitrogen and oxygen atoms in total. The fourth-order valence-corrected chi connectivity index (χ4v) is 4.73.